The van der Waals surface area contributed by atoms with Crippen LogP contribution in [0.3, 0.4) is 0 Å². The van der Waals surface area contributed by atoms with Crippen LogP contribution in [0.1, 0.15) is 54.2 Å². The van der Waals surface area contributed by atoms with Crippen molar-refractivity contribution in [2.45, 2.75) is 39.3 Å². The zero-order valence-corrected chi connectivity index (χ0v) is 16.6. The van der Waals surface area contributed by atoms with E-state index in [0.29, 0.717) is 5.56 Å². The van der Waals surface area contributed by atoms with Gasteiger partial charge in [0.05, 0.1) is 13.2 Å². The summed E-state index contributed by atoms with van der Waals surface area (Å²) in [5.41, 5.74) is 3.02. The number of hydrogen-bond donors (Lipinski definition) is 1. The van der Waals surface area contributed by atoms with Crippen molar-refractivity contribution in [2.75, 3.05) is 20.2 Å². The molecule has 1 saturated heterocycles. The van der Waals surface area contributed by atoms with E-state index in [9.17, 15) is 4.79 Å². The number of methoxy groups -OCH3 is 1. The molecule has 0 saturated carbocycles. The minimum atomic E-state index is -0.0570. The first-order valence-corrected chi connectivity index (χ1v) is 9.81. The minimum absolute atomic E-state index is 0.0448. The van der Waals surface area contributed by atoms with Crippen molar-refractivity contribution in [1.29, 1.82) is 0 Å². The van der Waals surface area contributed by atoms with Gasteiger partial charge in [0.25, 0.3) is 5.91 Å². The largest absolute Gasteiger partial charge is 0.497 e. The standard InChI is InChI=1S/C23H30N2O2/c1-17-12-14-25(15-13-17)16-19-4-6-21(7-5-19)23(26)24-18(2)20-8-10-22(27-3)11-9-20/h4-11,17-18H,12-16H2,1-3H3,(H,24,26)/t18-/m0/s1. The molecule has 0 unspecified atom stereocenters. The second-order valence-corrected chi connectivity index (χ2v) is 7.62. The lowest BCUT2D eigenvalue weighted by Gasteiger charge is -2.30. The highest BCUT2D eigenvalue weighted by Crippen LogP contribution is 2.19. The Morgan fingerprint density at radius 2 is 1.74 bits per heavy atom. The normalized spacial score (nSPS) is 16.7. The van der Waals surface area contributed by atoms with Crippen LogP contribution in [0.5, 0.6) is 5.75 Å². The average molecular weight is 367 g/mol. The van der Waals surface area contributed by atoms with Crippen molar-refractivity contribution in [1.82, 2.24) is 10.2 Å². The third-order valence-corrected chi connectivity index (χ3v) is 5.46. The summed E-state index contributed by atoms with van der Waals surface area (Å²) in [5, 5.41) is 3.07. The molecule has 0 aromatic heterocycles. The zero-order valence-electron chi connectivity index (χ0n) is 16.6. The van der Waals surface area contributed by atoms with Gasteiger partial charge in [-0.1, -0.05) is 31.2 Å². The lowest BCUT2D eigenvalue weighted by molar-refractivity contribution is 0.0940. The van der Waals surface area contributed by atoms with Crippen molar-refractivity contribution in [3.63, 3.8) is 0 Å². The lowest BCUT2D eigenvalue weighted by atomic mass is 9.99. The molecule has 1 atom stereocenters. The number of benzene rings is 2. The number of hydrogen-bond acceptors (Lipinski definition) is 3. The smallest absolute Gasteiger partial charge is 0.251 e. The molecule has 0 spiro atoms. The van der Waals surface area contributed by atoms with Gasteiger partial charge in [0.15, 0.2) is 0 Å². The Morgan fingerprint density at radius 1 is 1.11 bits per heavy atom. The summed E-state index contributed by atoms with van der Waals surface area (Å²) in [6, 6.07) is 15.7. The molecular weight excluding hydrogens is 336 g/mol. The molecule has 0 bridgehead atoms. The zero-order chi connectivity index (χ0) is 19.2. The van der Waals surface area contributed by atoms with E-state index in [1.54, 1.807) is 7.11 Å². The highest BCUT2D eigenvalue weighted by molar-refractivity contribution is 5.94. The summed E-state index contributed by atoms with van der Waals surface area (Å²) in [4.78, 5) is 15.0. The fourth-order valence-corrected chi connectivity index (χ4v) is 3.50. The van der Waals surface area contributed by atoms with Gasteiger partial charge >= 0.3 is 0 Å². The molecule has 2 aromatic rings. The maximum atomic E-state index is 12.5. The third-order valence-electron chi connectivity index (χ3n) is 5.46. The first-order valence-electron chi connectivity index (χ1n) is 9.81. The first-order chi connectivity index (χ1) is 13.0. The van der Waals surface area contributed by atoms with Crippen LogP contribution in [0.2, 0.25) is 0 Å². The number of nitrogens with zero attached hydrogens (tertiary/aromatic N) is 1. The van der Waals surface area contributed by atoms with Crippen molar-refractivity contribution >= 4 is 5.91 Å². The fourth-order valence-electron chi connectivity index (χ4n) is 3.50. The number of amides is 1. The number of carbonyl (C=O) groups is 1. The molecular formula is C23H30N2O2. The molecule has 1 aliphatic heterocycles. The summed E-state index contributed by atoms with van der Waals surface area (Å²) in [7, 11) is 1.65. The Morgan fingerprint density at radius 3 is 2.33 bits per heavy atom. The molecule has 1 heterocycles. The molecule has 3 rings (SSSR count). The molecule has 0 aliphatic carbocycles. The highest BCUT2D eigenvalue weighted by Gasteiger charge is 2.16. The molecule has 2 aromatic carbocycles. The van der Waals surface area contributed by atoms with Crippen LogP contribution in [-0.4, -0.2) is 31.0 Å². The maximum absolute atomic E-state index is 12.5. The number of rotatable bonds is 6. The van der Waals surface area contributed by atoms with Crippen LogP contribution < -0.4 is 10.1 Å². The summed E-state index contributed by atoms with van der Waals surface area (Å²) in [6.07, 6.45) is 2.56. The van der Waals surface area contributed by atoms with Crippen molar-refractivity contribution in [3.8, 4) is 5.75 Å². The molecule has 4 heteroatoms. The van der Waals surface area contributed by atoms with E-state index >= 15 is 0 Å². The molecule has 144 valence electrons. The van der Waals surface area contributed by atoms with Crippen molar-refractivity contribution in [2.24, 2.45) is 5.92 Å². The van der Waals surface area contributed by atoms with Crippen molar-refractivity contribution < 1.29 is 9.53 Å². The molecule has 1 fully saturated rings. The second-order valence-electron chi connectivity index (χ2n) is 7.62. The molecule has 27 heavy (non-hydrogen) atoms. The van der Waals surface area contributed by atoms with E-state index in [-0.39, 0.29) is 11.9 Å². The summed E-state index contributed by atoms with van der Waals surface area (Å²) in [6.45, 7) is 7.63. The molecule has 1 N–H and O–H groups in total. The van der Waals surface area contributed by atoms with Gasteiger partial charge in [0.1, 0.15) is 5.75 Å². The van der Waals surface area contributed by atoms with Crippen LogP contribution in [0.4, 0.5) is 0 Å². The fraction of sp³-hybridized carbons (Fsp3) is 0.435. The SMILES string of the molecule is COc1ccc([C@H](C)NC(=O)c2ccc(CN3CCC(C)CC3)cc2)cc1. The van der Waals surface area contributed by atoms with Gasteiger partial charge in [0, 0.05) is 12.1 Å². The van der Waals surface area contributed by atoms with Gasteiger partial charge in [-0.05, 0) is 74.2 Å². The molecule has 1 amide bonds. The quantitative estimate of drug-likeness (QED) is 0.823. The molecule has 4 nitrogen and oxygen atoms in total. The summed E-state index contributed by atoms with van der Waals surface area (Å²) >= 11 is 0. The van der Waals surface area contributed by atoms with E-state index in [2.05, 4.69) is 29.3 Å². The first kappa shape index (κ1) is 19.4. The van der Waals surface area contributed by atoms with Gasteiger partial charge in [-0.15, -0.1) is 0 Å². The summed E-state index contributed by atoms with van der Waals surface area (Å²) < 4.78 is 5.18. The van der Waals surface area contributed by atoms with Crippen LogP contribution in [-0.2, 0) is 6.54 Å². The average Bonchev–Trinajstić information content (AvgIpc) is 2.70. The Balaban J connectivity index is 1.55. The molecule has 0 radical (unpaired) electrons. The second kappa shape index (κ2) is 9.05. The van der Waals surface area contributed by atoms with Crippen molar-refractivity contribution in [3.05, 3.63) is 65.2 Å². The van der Waals surface area contributed by atoms with E-state index in [1.165, 1.54) is 31.5 Å². The van der Waals surface area contributed by atoms with E-state index in [0.717, 1.165) is 23.8 Å². The van der Waals surface area contributed by atoms with E-state index in [4.69, 9.17) is 4.74 Å². The van der Waals surface area contributed by atoms with Gasteiger partial charge < -0.3 is 10.1 Å². The number of nitrogens with one attached hydrogen (secondary N) is 1. The number of piperidine rings is 1. The van der Waals surface area contributed by atoms with Crippen LogP contribution in [0, 0.1) is 5.92 Å². The number of ether oxygens (including phenoxy) is 1. The van der Waals surface area contributed by atoms with Gasteiger partial charge in [-0.2, -0.15) is 0 Å². The van der Waals surface area contributed by atoms with Gasteiger partial charge in [0.2, 0.25) is 0 Å². The lowest BCUT2D eigenvalue weighted by Crippen LogP contribution is -2.32. The predicted molar refractivity (Wildman–Crippen MR) is 109 cm³/mol. The Hall–Kier alpha value is -2.33. The third kappa shape index (κ3) is 5.33. The maximum Gasteiger partial charge on any atom is 0.251 e. The van der Waals surface area contributed by atoms with Crippen LogP contribution in [0.25, 0.3) is 0 Å². The Kier molecular flexibility index (Phi) is 6.51. The highest BCUT2D eigenvalue weighted by atomic mass is 16.5. The van der Waals surface area contributed by atoms with Gasteiger partial charge in [-0.25, -0.2) is 0 Å². The monoisotopic (exact) mass is 366 g/mol. The predicted octanol–water partition coefficient (Wildman–Crippen LogP) is 4.42. The number of likely N-dealkylation sites (tertiary alicyclic amines) is 1. The minimum Gasteiger partial charge on any atom is -0.497 e. The topological polar surface area (TPSA) is 41.6 Å². The van der Waals surface area contributed by atoms with Crippen LogP contribution >= 0.6 is 0 Å². The molecule has 1 aliphatic rings. The Labute approximate surface area is 162 Å². The van der Waals surface area contributed by atoms with Gasteiger partial charge in [-0.3, -0.25) is 9.69 Å². The van der Waals surface area contributed by atoms with E-state index < -0.39 is 0 Å². The van der Waals surface area contributed by atoms with E-state index in [1.807, 2.05) is 43.3 Å². The van der Waals surface area contributed by atoms with Crippen LogP contribution in [0.15, 0.2) is 48.5 Å². The Bertz CT molecular complexity index is 732. The number of carbonyl (C=O) groups excluding carboxylic acids is 1. The summed E-state index contributed by atoms with van der Waals surface area (Å²) in [5.74, 6) is 1.62.